The summed E-state index contributed by atoms with van der Waals surface area (Å²) in [5.74, 6) is -0.381. The number of hydrogen-bond acceptors (Lipinski definition) is 16. The largest absolute Gasteiger partial charge is 0.356 e. The number of Topliss-reactive ketones (excluding diaryl/α,β-unsaturated/α-hetero) is 5. The van der Waals surface area contributed by atoms with Gasteiger partial charge in [0, 0.05) is 157 Å². The van der Waals surface area contributed by atoms with E-state index in [1.165, 1.54) is 9.80 Å². The highest BCUT2D eigenvalue weighted by molar-refractivity contribution is 6.12. The molecule has 0 bridgehead atoms. The van der Waals surface area contributed by atoms with Crippen LogP contribution >= 0.6 is 0 Å². The van der Waals surface area contributed by atoms with Crippen LogP contribution in [-0.4, -0.2) is 185 Å². The summed E-state index contributed by atoms with van der Waals surface area (Å²) in [4.78, 5) is 207. The van der Waals surface area contributed by atoms with Gasteiger partial charge in [-0.3, -0.25) is 76.7 Å². The highest BCUT2D eigenvalue weighted by Gasteiger charge is 2.34. The van der Waals surface area contributed by atoms with Crippen LogP contribution in [0.25, 0.3) is 0 Å². The number of carbonyl (C=O) groups excluding carboxylic acids is 16. The molecule has 0 radical (unpaired) electrons. The van der Waals surface area contributed by atoms with Crippen LogP contribution in [0.1, 0.15) is 331 Å². The molecule has 23 nitrogen and oxygen atoms in total. The van der Waals surface area contributed by atoms with E-state index in [1.807, 2.05) is 144 Å². The molecule has 0 heterocycles. The predicted octanol–water partition coefficient (Wildman–Crippen LogP) is 20.9. The zero-order chi connectivity index (χ0) is 104. The second-order valence-electron chi connectivity index (χ2n) is 39.1. The Morgan fingerprint density at radius 3 is 0.764 bits per heavy atom. The van der Waals surface area contributed by atoms with Crippen LogP contribution in [0.2, 0.25) is 0 Å². The molecule has 8 rings (SSSR count). The molecule has 8 aromatic carbocycles. The van der Waals surface area contributed by atoms with E-state index in [-0.39, 0.29) is 136 Å². The lowest BCUT2D eigenvalue weighted by atomic mass is 9.92. The average Bonchev–Trinajstić information content (AvgIpc) is 0.811. The van der Waals surface area contributed by atoms with Crippen LogP contribution in [-0.2, 0) is 38.4 Å². The minimum atomic E-state index is -0.511. The van der Waals surface area contributed by atoms with Crippen molar-refractivity contribution in [3.8, 4) is 0 Å². The molecule has 0 saturated carbocycles. The van der Waals surface area contributed by atoms with Gasteiger partial charge in [-0.2, -0.15) is 0 Å². The molecule has 0 aliphatic carbocycles. The first kappa shape index (κ1) is 118. The summed E-state index contributed by atoms with van der Waals surface area (Å²) in [6.45, 7) is 32.1. The van der Waals surface area contributed by atoms with E-state index in [4.69, 9.17) is 0 Å². The number of likely N-dealkylation sites (N-methyl/N-ethyl adjacent to an activating group) is 4. The number of rotatable bonds is 53. The summed E-state index contributed by atoms with van der Waals surface area (Å²) in [6, 6.07) is 60.8. The van der Waals surface area contributed by atoms with Gasteiger partial charge in [-0.25, -0.2) is 0 Å². The highest BCUT2D eigenvalue weighted by atomic mass is 16.2. The first-order chi connectivity index (χ1) is 66.4. The van der Waals surface area contributed by atoms with Gasteiger partial charge in [0.2, 0.25) is 23.6 Å². The first-order valence-electron chi connectivity index (χ1n) is 49.8. The summed E-state index contributed by atoms with van der Waals surface area (Å²) in [6.07, 6.45) is 12.2. The zero-order valence-electron chi connectivity index (χ0n) is 86.4. The molecule has 0 aliphatic heterocycles. The van der Waals surface area contributed by atoms with Crippen LogP contribution in [0.3, 0.4) is 0 Å². The van der Waals surface area contributed by atoms with E-state index in [1.54, 1.807) is 196 Å². The number of nitrogens with one attached hydrogen (secondary N) is 3. The van der Waals surface area contributed by atoms with Gasteiger partial charge in [-0.1, -0.05) is 318 Å². The molecular weight excluding hydrogens is 1760 g/mol. The molecule has 0 fully saturated rings. The second kappa shape index (κ2) is 61.5. The van der Waals surface area contributed by atoms with Crippen LogP contribution in [0.15, 0.2) is 218 Å². The summed E-state index contributed by atoms with van der Waals surface area (Å²) in [5, 5.41) is 8.46. The van der Waals surface area contributed by atoms with Crippen LogP contribution in [0.4, 0.5) is 0 Å². The summed E-state index contributed by atoms with van der Waals surface area (Å²) >= 11 is 0. The minimum absolute atomic E-state index is 0.00335. The molecule has 752 valence electrons. The fourth-order valence-corrected chi connectivity index (χ4v) is 15.8. The van der Waals surface area contributed by atoms with E-state index in [0.29, 0.717) is 155 Å². The third-order valence-electron chi connectivity index (χ3n) is 24.3. The average molecular weight is 1910 g/mol. The van der Waals surface area contributed by atoms with Crippen LogP contribution in [0, 0.1) is 47.3 Å². The number of ketones is 9. The predicted molar refractivity (Wildman–Crippen MR) is 555 cm³/mol. The Labute approximate surface area is 831 Å². The lowest BCUT2D eigenvalue weighted by Crippen LogP contribution is -2.48. The molecule has 8 aromatic rings. The van der Waals surface area contributed by atoms with Gasteiger partial charge in [-0.05, 0) is 124 Å². The fraction of sp³-hybridized carbons (Fsp3) is 0.453. The van der Waals surface area contributed by atoms with Gasteiger partial charge < -0.3 is 35.6 Å². The van der Waals surface area contributed by atoms with E-state index < -0.39 is 18.0 Å². The number of benzene rings is 8. The molecular formula is C117H153N7O16. The van der Waals surface area contributed by atoms with E-state index in [2.05, 4.69) is 43.6 Å². The monoisotopic (exact) mass is 1910 g/mol. The van der Waals surface area contributed by atoms with Gasteiger partial charge in [0.1, 0.15) is 0 Å². The van der Waals surface area contributed by atoms with Crippen molar-refractivity contribution in [1.29, 1.82) is 0 Å². The second-order valence-corrected chi connectivity index (χ2v) is 39.1. The van der Waals surface area contributed by atoms with Gasteiger partial charge in [0.05, 0.1) is 30.7 Å². The lowest BCUT2D eigenvalue weighted by molar-refractivity contribution is -0.140. The standard InChI is InChI=1S/C37H52N2O5.C30H40N2O4.C26H32N2O4.C24H29NO3/c1-27(2)26-32(36(43)28(3)4)39(5)35(42)20-14-9-15-25-38-34(41)19-13-7-6-12-18-33(40)29-21-23-31(24-22-29)37(44)30-16-10-8-11-17-30;1-21(2)20-26(28(34)22(3)4)32(5)27(33)14-10-7-11-19-31-30(36)25-17-15-24(16-18-25)29(35)23-12-8-6-9-13-23;1-17(2)15-22(24(30)18(3)4)28(5)23(29)16-27-26(32)21-13-11-20(12-14-21)25(31)19-9-7-6-8-10-19;1-16(2)15-21(22(26)17(3)4)25(5)24(28)20-13-11-19(12-14-20)23(27)18-9-7-6-8-10-18/h8,10-11,16-17,21-24,27-28,32H,6-7,9,12-15,18-20,25-26H2,1-5H3,(H,38,41);6,8-9,12-13,15-18,21-22,26H,7,10-11,14,19-20H2,1-5H3,(H,31,36);6-14,17-18,22H,15-16H2,1-5H3,(H,27,32);6-14,16-17,21H,15H2,1-5H3. The van der Waals surface area contributed by atoms with E-state index >= 15 is 0 Å². The van der Waals surface area contributed by atoms with Crippen molar-refractivity contribution in [2.75, 3.05) is 47.8 Å². The Balaban J connectivity index is 0.000000333. The number of carbonyl (C=O) groups is 16. The van der Waals surface area contributed by atoms with Gasteiger partial charge in [0.25, 0.3) is 17.7 Å². The Kier molecular flexibility index (Phi) is 51.7. The maximum atomic E-state index is 12.9. The van der Waals surface area contributed by atoms with Crippen molar-refractivity contribution < 1.29 is 76.7 Å². The smallest absolute Gasteiger partial charge is 0.254 e. The molecule has 0 saturated heterocycles. The summed E-state index contributed by atoms with van der Waals surface area (Å²) < 4.78 is 0. The maximum Gasteiger partial charge on any atom is 0.254 e. The summed E-state index contributed by atoms with van der Waals surface area (Å²) in [7, 11) is 6.75. The molecule has 0 aliphatic rings. The molecule has 3 N–H and O–H groups in total. The Morgan fingerprint density at radius 1 is 0.229 bits per heavy atom. The van der Waals surface area contributed by atoms with Crippen molar-refractivity contribution in [2.45, 2.75) is 251 Å². The number of unbranched alkanes of at least 4 members (excludes halogenated alkanes) is 7. The Bertz CT molecular complexity index is 5300. The third kappa shape index (κ3) is 40.1. The Hall–Kier alpha value is -12.9. The summed E-state index contributed by atoms with van der Waals surface area (Å²) in [5.41, 5.74) is 6.47. The fourth-order valence-electron chi connectivity index (χ4n) is 15.8. The third-order valence-corrected chi connectivity index (χ3v) is 24.3. The first-order valence-corrected chi connectivity index (χ1v) is 49.8. The zero-order valence-corrected chi connectivity index (χ0v) is 86.4. The lowest BCUT2D eigenvalue weighted by Gasteiger charge is -2.30. The SMILES string of the molecule is CC(C)CC(C(=O)C(C)C)N(C)C(=O)CCCCCNC(=O)CCCCCCC(=O)c1ccc(C(=O)c2ccccc2)cc1.CC(C)CC(C(=O)C(C)C)N(C)C(=O)CCCCCNC(=O)c1ccc(C(=O)c2ccccc2)cc1.CC(C)CC(C(=O)C(C)C)N(C)C(=O)CNC(=O)c1ccc(C(=O)c2ccccc2)cc1.CC(C)CC(C(=O)C(C)C)N(C)C(=O)c1ccc(C(=O)c2ccccc2)cc1. The van der Waals surface area contributed by atoms with Crippen molar-refractivity contribution in [1.82, 2.24) is 35.6 Å². The molecule has 4 atom stereocenters. The number of hydrogen-bond donors (Lipinski definition) is 3. The molecule has 0 aromatic heterocycles. The van der Waals surface area contributed by atoms with E-state index in [9.17, 15) is 76.7 Å². The Morgan fingerprint density at radius 2 is 0.464 bits per heavy atom. The van der Waals surface area contributed by atoms with E-state index in [0.717, 1.165) is 57.8 Å². The van der Waals surface area contributed by atoms with Crippen molar-refractivity contribution >= 4 is 93.4 Å². The number of amides is 7. The minimum Gasteiger partial charge on any atom is -0.356 e. The van der Waals surface area contributed by atoms with Gasteiger partial charge in [0.15, 0.2) is 52.0 Å². The van der Waals surface area contributed by atoms with Crippen LogP contribution < -0.4 is 16.0 Å². The molecule has 140 heavy (non-hydrogen) atoms. The quantitative estimate of drug-likeness (QED) is 0.0236. The van der Waals surface area contributed by atoms with Crippen molar-refractivity contribution in [3.63, 3.8) is 0 Å². The van der Waals surface area contributed by atoms with Crippen molar-refractivity contribution in [3.05, 3.63) is 285 Å². The molecule has 7 amide bonds. The van der Waals surface area contributed by atoms with Gasteiger partial charge in [-0.15, -0.1) is 0 Å². The maximum absolute atomic E-state index is 12.9. The van der Waals surface area contributed by atoms with Crippen molar-refractivity contribution in [2.24, 2.45) is 47.3 Å². The number of nitrogens with zero attached hydrogens (tertiary/aromatic N) is 4. The molecule has 23 heteroatoms. The highest BCUT2D eigenvalue weighted by Crippen LogP contribution is 2.26. The molecule has 4 unspecified atom stereocenters. The van der Waals surface area contributed by atoms with Crippen LogP contribution in [0.5, 0.6) is 0 Å². The molecule has 0 spiro atoms. The normalized spacial score (nSPS) is 11.9. The van der Waals surface area contributed by atoms with Gasteiger partial charge >= 0.3 is 0 Å². The topological polar surface area (TPSA) is 322 Å².